The van der Waals surface area contributed by atoms with Gasteiger partial charge in [-0.15, -0.1) is 0 Å². The average Bonchev–Trinajstić information content (AvgIpc) is 2.96. The third kappa shape index (κ3) is 4.21. The molecule has 3 nitrogen and oxygen atoms in total. The smallest absolute Gasteiger partial charge is 0.124 e. The van der Waals surface area contributed by atoms with Gasteiger partial charge in [0.05, 0.1) is 7.11 Å². The van der Waals surface area contributed by atoms with Crippen molar-refractivity contribution in [1.29, 1.82) is 0 Å². The predicted octanol–water partition coefficient (Wildman–Crippen LogP) is 3.78. The van der Waals surface area contributed by atoms with Gasteiger partial charge in [-0.25, -0.2) is 0 Å². The highest BCUT2D eigenvalue weighted by atomic mass is 16.5. The highest BCUT2D eigenvalue weighted by Gasteiger charge is 2.25. The maximum Gasteiger partial charge on any atom is 0.124 e. The molecule has 1 aromatic rings. The zero-order valence-corrected chi connectivity index (χ0v) is 13.9. The van der Waals surface area contributed by atoms with E-state index >= 15 is 0 Å². The molecule has 1 aliphatic rings. The van der Waals surface area contributed by atoms with Crippen molar-refractivity contribution < 1.29 is 9.47 Å². The first-order valence-corrected chi connectivity index (χ1v) is 8.12. The van der Waals surface area contributed by atoms with Crippen molar-refractivity contribution in [2.75, 3.05) is 26.9 Å². The summed E-state index contributed by atoms with van der Waals surface area (Å²) in [6.07, 6.45) is 3.45. The van der Waals surface area contributed by atoms with Crippen LogP contribution in [0.3, 0.4) is 0 Å². The van der Waals surface area contributed by atoms with Crippen LogP contribution in [0.5, 0.6) is 5.75 Å². The first kappa shape index (κ1) is 16.3. The normalized spacial score (nSPS) is 19.7. The van der Waals surface area contributed by atoms with Crippen molar-refractivity contribution in [2.24, 2.45) is 5.92 Å². The first-order valence-electron chi connectivity index (χ1n) is 8.12. The minimum atomic E-state index is 0.354. The van der Waals surface area contributed by atoms with Crippen LogP contribution in [0.25, 0.3) is 0 Å². The minimum Gasteiger partial charge on any atom is -0.496 e. The number of hydrogen-bond acceptors (Lipinski definition) is 3. The second-order valence-corrected chi connectivity index (χ2v) is 6.17. The third-order valence-corrected chi connectivity index (χ3v) is 4.30. The van der Waals surface area contributed by atoms with Gasteiger partial charge in [-0.1, -0.05) is 13.0 Å². The second-order valence-electron chi connectivity index (χ2n) is 6.17. The van der Waals surface area contributed by atoms with Crippen LogP contribution in [0.2, 0.25) is 0 Å². The lowest BCUT2D eigenvalue weighted by molar-refractivity contribution is 0.181. The Morgan fingerprint density at radius 1 is 1.38 bits per heavy atom. The van der Waals surface area contributed by atoms with Gasteiger partial charge < -0.3 is 14.8 Å². The molecule has 0 amide bonds. The Labute approximate surface area is 129 Å². The summed E-state index contributed by atoms with van der Waals surface area (Å²) in [5.74, 6) is 1.67. The molecule has 0 aliphatic carbocycles. The molecule has 2 atom stereocenters. The second kappa shape index (κ2) is 7.81. The predicted molar refractivity (Wildman–Crippen MR) is 87.0 cm³/mol. The average molecular weight is 291 g/mol. The fourth-order valence-electron chi connectivity index (χ4n) is 3.28. The van der Waals surface area contributed by atoms with Crippen LogP contribution in [-0.2, 0) is 4.74 Å². The van der Waals surface area contributed by atoms with Crippen LogP contribution in [0, 0.1) is 19.8 Å². The van der Waals surface area contributed by atoms with Gasteiger partial charge in [0, 0.05) is 24.8 Å². The molecule has 2 rings (SSSR count). The molecule has 1 heterocycles. The molecule has 0 aromatic heterocycles. The highest BCUT2D eigenvalue weighted by molar-refractivity contribution is 5.45. The summed E-state index contributed by atoms with van der Waals surface area (Å²) >= 11 is 0. The summed E-state index contributed by atoms with van der Waals surface area (Å²) in [5.41, 5.74) is 3.90. The molecule has 1 aromatic carbocycles. The van der Waals surface area contributed by atoms with Crippen molar-refractivity contribution in [3.05, 3.63) is 28.8 Å². The van der Waals surface area contributed by atoms with Gasteiger partial charge in [-0.05, 0) is 62.8 Å². The van der Waals surface area contributed by atoms with Crippen LogP contribution < -0.4 is 10.1 Å². The number of benzene rings is 1. The van der Waals surface area contributed by atoms with Gasteiger partial charge in [-0.2, -0.15) is 0 Å². The number of methoxy groups -OCH3 is 1. The number of ether oxygens (including phenoxy) is 2. The Bertz CT molecular complexity index is 453. The van der Waals surface area contributed by atoms with Crippen molar-refractivity contribution in [1.82, 2.24) is 5.32 Å². The summed E-state index contributed by atoms with van der Waals surface area (Å²) in [7, 11) is 1.77. The molecule has 0 spiro atoms. The zero-order chi connectivity index (χ0) is 15.2. The van der Waals surface area contributed by atoms with Crippen molar-refractivity contribution in [3.63, 3.8) is 0 Å². The van der Waals surface area contributed by atoms with E-state index in [9.17, 15) is 0 Å². The van der Waals surface area contributed by atoms with Crippen LogP contribution in [0.1, 0.15) is 48.9 Å². The zero-order valence-electron chi connectivity index (χ0n) is 13.9. The van der Waals surface area contributed by atoms with E-state index in [0.29, 0.717) is 12.0 Å². The lowest BCUT2D eigenvalue weighted by Crippen LogP contribution is -2.26. The highest BCUT2D eigenvalue weighted by Crippen LogP contribution is 2.35. The molecule has 0 saturated carbocycles. The van der Waals surface area contributed by atoms with Crippen LogP contribution in [-0.4, -0.2) is 26.9 Å². The Hall–Kier alpha value is -1.06. The summed E-state index contributed by atoms with van der Waals surface area (Å²) in [6.45, 7) is 9.37. The van der Waals surface area contributed by atoms with Gasteiger partial charge >= 0.3 is 0 Å². The molecule has 1 aliphatic heterocycles. The number of aryl methyl sites for hydroxylation is 2. The Kier molecular flexibility index (Phi) is 6.07. The Morgan fingerprint density at radius 3 is 2.81 bits per heavy atom. The first-order chi connectivity index (χ1) is 10.2. The summed E-state index contributed by atoms with van der Waals surface area (Å²) < 4.78 is 11.2. The van der Waals surface area contributed by atoms with Crippen LogP contribution >= 0.6 is 0 Å². The number of hydrogen-bond donors (Lipinski definition) is 1. The molecular formula is C18H29NO2. The molecule has 1 N–H and O–H groups in total. The van der Waals surface area contributed by atoms with E-state index in [-0.39, 0.29) is 0 Å². The summed E-state index contributed by atoms with van der Waals surface area (Å²) in [6, 6.07) is 4.75. The molecule has 118 valence electrons. The molecule has 0 radical (unpaired) electrons. The van der Waals surface area contributed by atoms with Gasteiger partial charge in [0.1, 0.15) is 5.75 Å². The molecule has 2 unspecified atom stereocenters. The molecule has 21 heavy (non-hydrogen) atoms. The topological polar surface area (TPSA) is 30.5 Å². The lowest BCUT2D eigenvalue weighted by atomic mass is 9.90. The van der Waals surface area contributed by atoms with E-state index < -0.39 is 0 Å². The van der Waals surface area contributed by atoms with E-state index in [2.05, 4.69) is 38.2 Å². The Morgan fingerprint density at radius 2 is 2.19 bits per heavy atom. The largest absolute Gasteiger partial charge is 0.496 e. The van der Waals surface area contributed by atoms with E-state index in [1.807, 2.05) is 0 Å². The quantitative estimate of drug-likeness (QED) is 0.829. The molecular weight excluding hydrogens is 262 g/mol. The minimum absolute atomic E-state index is 0.354. The van der Waals surface area contributed by atoms with Gasteiger partial charge in [0.25, 0.3) is 0 Å². The van der Waals surface area contributed by atoms with E-state index in [0.717, 1.165) is 38.3 Å². The van der Waals surface area contributed by atoms with Crippen LogP contribution in [0.4, 0.5) is 0 Å². The molecule has 1 saturated heterocycles. The molecule has 0 bridgehead atoms. The fourth-order valence-corrected chi connectivity index (χ4v) is 3.28. The maximum atomic E-state index is 5.66. The van der Waals surface area contributed by atoms with Gasteiger partial charge in [0.2, 0.25) is 0 Å². The van der Waals surface area contributed by atoms with Crippen molar-refractivity contribution in [3.8, 4) is 5.75 Å². The van der Waals surface area contributed by atoms with Crippen LogP contribution in [0.15, 0.2) is 12.1 Å². The number of rotatable bonds is 7. The molecule has 3 heteroatoms. The monoisotopic (exact) mass is 291 g/mol. The van der Waals surface area contributed by atoms with Gasteiger partial charge in [0.15, 0.2) is 0 Å². The van der Waals surface area contributed by atoms with E-state index in [4.69, 9.17) is 9.47 Å². The van der Waals surface area contributed by atoms with E-state index in [1.165, 1.54) is 23.1 Å². The fraction of sp³-hybridized carbons (Fsp3) is 0.667. The lowest BCUT2D eigenvalue weighted by Gasteiger charge is -2.25. The standard InChI is InChI=1S/C18H29NO2/c1-5-7-19-16(11-15-6-8-21-12-15)18-14(3)9-13(2)10-17(18)20-4/h9-10,15-16,19H,5-8,11-12H2,1-4H3. The SMILES string of the molecule is CCCNC(CC1CCOC1)c1c(C)cc(C)cc1OC. The summed E-state index contributed by atoms with van der Waals surface area (Å²) in [5, 5.41) is 3.71. The van der Waals surface area contributed by atoms with Gasteiger partial charge in [-0.3, -0.25) is 0 Å². The van der Waals surface area contributed by atoms with Crippen molar-refractivity contribution >= 4 is 0 Å². The number of nitrogens with one attached hydrogen (secondary N) is 1. The summed E-state index contributed by atoms with van der Waals surface area (Å²) in [4.78, 5) is 0. The maximum absolute atomic E-state index is 5.66. The van der Waals surface area contributed by atoms with E-state index in [1.54, 1.807) is 7.11 Å². The Balaban J connectivity index is 2.25. The van der Waals surface area contributed by atoms with Crippen molar-refractivity contribution in [2.45, 2.75) is 46.1 Å². The molecule has 1 fully saturated rings. The third-order valence-electron chi connectivity index (χ3n) is 4.30.